The van der Waals surface area contributed by atoms with E-state index < -0.39 is 0 Å². The first-order valence-corrected chi connectivity index (χ1v) is 9.82. The van der Waals surface area contributed by atoms with Crippen molar-refractivity contribution in [3.8, 4) is 11.1 Å². The molecule has 0 bridgehead atoms. The van der Waals surface area contributed by atoms with E-state index in [1.807, 2.05) is 61.5 Å². The van der Waals surface area contributed by atoms with Crippen molar-refractivity contribution in [3.05, 3.63) is 60.2 Å². The number of carbonyl (C=O) groups excluding carboxylic acids is 1. The van der Waals surface area contributed by atoms with E-state index in [1.165, 1.54) is 0 Å². The zero-order valence-electron chi connectivity index (χ0n) is 16.1. The zero-order valence-corrected chi connectivity index (χ0v) is 16.1. The van der Waals surface area contributed by atoms with E-state index in [0.717, 1.165) is 42.6 Å². The molecular weight excluding hydrogens is 336 g/mol. The van der Waals surface area contributed by atoms with Crippen LogP contribution in [-0.4, -0.2) is 60.1 Å². The average Bonchev–Trinajstić information content (AvgIpc) is 3.10. The molecule has 0 radical (unpaired) electrons. The van der Waals surface area contributed by atoms with E-state index in [0.29, 0.717) is 11.8 Å². The standard InChI is InChI=1S/C23H28N2O2/c1-24(2)21-12-19-14-25(15-20(19)13-22(21)26)23(27)18-10-6-9-17(11-18)16-7-4-3-5-8-16/h3-11,19-22,26H,12-15H2,1-2H3/t19-,20+,21-,22-/m1/s1. The molecule has 4 heteroatoms. The largest absolute Gasteiger partial charge is 0.391 e. The van der Waals surface area contributed by atoms with Gasteiger partial charge in [0.25, 0.3) is 5.91 Å². The first kappa shape index (κ1) is 18.2. The van der Waals surface area contributed by atoms with Crippen LogP contribution in [0.3, 0.4) is 0 Å². The van der Waals surface area contributed by atoms with Crippen molar-refractivity contribution in [1.29, 1.82) is 0 Å². The van der Waals surface area contributed by atoms with Gasteiger partial charge in [-0.2, -0.15) is 0 Å². The van der Waals surface area contributed by atoms with E-state index >= 15 is 0 Å². The van der Waals surface area contributed by atoms with Crippen molar-refractivity contribution in [2.45, 2.75) is 25.0 Å². The highest BCUT2D eigenvalue weighted by Gasteiger charge is 2.43. The molecular formula is C23H28N2O2. The minimum Gasteiger partial charge on any atom is -0.391 e. The molecule has 1 saturated heterocycles. The van der Waals surface area contributed by atoms with Gasteiger partial charge in [0.15, 0.2) is 0 Å². The Morgan fingerprint density at radius 3 is 2.33 bits per heavy atom. The highest BCUT2D eigenvalue weighted by Crippen LogP contribution is 2.38. The molecule has 1 aliphatic carbocycles. The second-order valence-corrected chi connectivity index (χ2v) is 8.25. The molecule has 2 aromatic rings. The molecule has 2 aromatic carbocycles. The predicted octanol–water partition coefficient (Wildman–Crippen LogP) is 3.13. The molecule has 1 N–H and O–H groups in total. The molecule has 27 heavy (non-hydrogen) atoms. The summed E-state index contributed by atoms with van der Waals surface area (Å²) in [6.07, 6.45) is 1.46. The number of aliphatic hydroxyl groups excluding tert-OH is 1. The Morgan fingerprint density at radius 2 is 1.63 bits per heavy atom. The van der Waals surface area contributed by atoms with Crippen LogP contribution in [-0.2, 0) is 0 Å². The van der Waals surface area contributed by atoms with Gasteiger partial charge in [0.1, 0.15) is 0 Å². The lowest BCUT2D eigenvalue weighted by Crippen LogP contribution is -2.46. The van der Waals surface area contributed by atoms with E-state index in [2.05, 4.69) is 17.0 Å². The minimum absolute atomic E-state index is 0.109. The maximum Gasteiger partial charge on any atom is 0.253 e. The molecule has 2 fully saturated rings. The van der Waals surface area contributed by atoms with Crippen LogP contribution in [0.4, 0.5) is 0 Å². The fraction of sp³-hybridized carbons (Fsp3) is 0.435. The smallest absolute Gasteiger partial charge is 0.253 e. The van der Waals surface area contributed by atoms with Crippen LogP contribution in [0.15, 0.2) is 54.6 Å². The van der Waals surface area contributed by atoms with Crippen LogP contribution in [0.1, 0.15) is 23.2 Å². The number of amides is 1. The summed E-state index contributed by atoms with van der Waals surface area (Å²) in [5.41, 5.74) is 2.94. The van der Waals surface area contributed by atoms with Gasteiger partial charge in [-0.1, -0.05) is 42.5 Å². The summed E-state index contributed by atoms with van der Waals surface area (Å²) in [7, 11) is 4.06. The van der Waals surface area contributed by atoms with E-state index in [-0.39, 0.29) is 18.1 Å². The van der Waals surface area contributed by atoms with E-state index in [4.69, 9.17) is 0 Å². The monoisotopic (exact) mass is 364 g/mol. The second-order valence-electron chi connectivity index (χ2n) is 8.25. The van der Waals surface area contributed by atoms with E-state index in [1.54, 1.807) is 0 Å². The molecule has 142 valence electrons. The summed E-state index contributed by atoms with van der Waals surface area (Å²) in [4.78, 5) is 17.2. The predicted molar refractivity (Wildman–Crippen MR) is 107 cm³/mol. The quantitative estimate of drug-likeness (QED) is 0.910. The van der Waals surface area contributed by atoms with Crippen molar-refractivity contribution >= 4 is 5.91 Å². The fourth-order valence-electron chi connectivity index (χ4n) is 4.77. The molecule has 0 spiro atoms. The fourth-order valence-corrected chi connectivity index (χ4v) is 4.77. The number of likely N-dealkylation sites (N-methyl/N-ethyl adjacent to an activating group) is 1. The molecule has 0 aromatic heterocycles. The molecule has 2 aliphatic rings. The average molecular weight is 364 g/mol. The number of likely N-dealkylation sites (tertiary alicyclic amines) is 1. The van der Waals surface area contributed by atoms with Crippen molar-refractivity contribution < 1.29 is 9.90 Å². The topological polar surface area (TPSA) is 43.8 Å². The Balaban J connectivity index is 1.50. The molecule has 0 unspecified atom stereocenters. The zero-order chi connectivity index (χ0) is 19.0. The van der Waals surface area contributed by atoms with Gasteiger partial charge in [-0.3, -0.25) is 4.79 Å². The van der Waals surface area contributed by atoms with Gasteiger partial charge < -0.3 is 14.9 Å². The Hall–Kier alpha value is -2.17. The summed E-state index contributed by atoms with van der Waals surface area (Å²) in [5.74, 6) is 1.01. The number of rotatable bonds is 3. The second kappa shape index (κ2) is 7.45. The first-order valence-electron chi connectivity index (χ1n) is 9.82. The summed E-state index contributed by atoms with van der Waals surface area (Å²) in [6.45, 7) is 1.56. The highest BCUT2D eigenvalue weighted by molar-refractivity contribution is 5.95. The number of nitrogens with zero attached hydrogens (tertiary/aromatic N) is 2. The minimum atomic E-state index is -0.294. The van der Waals surface area contributed by atoms with Crippen LogP contribution in [0.25, 0.3) is 11.1 Å². The van der Waals surface area contributed by atoms with Gasteiger partial charge in [0.05, 0.1) is 6.10 Å². The first-order chi connectivity index (χ1) is 13.0. The SMILES string of the molecule is CN(C)[C@@H]1C[C@@H]2CN(C(=O)c3cccc(-c4ccccc4)c3)C[C@@H]2C[C@H]1O. The molecule has 1 saturated carbocycles. The number of carbonyl (C=O) groups is 1. The van der Waals surface area contributed by atoms with Crippen molar-refractivity contribution in [2.75, 3.05) is 27.2 Å². The number of hydrogen-bond acceptors (Lipinski definition) is 3. The van der Waals surface area contributed by atoms with Crippen LogP contribution >= 0.6 is 0 Å². The van der Waals surface area contributed by atoms with Crippen LogP contribution in [0, 0.1) is 11.8 Å². The summed E-state index contributed by atoms with van der Waals surface area (Å²) in [5, 5.41) is 10.4. The van der Waals surface area contributed by atoms with Crippen molar-refractivity contribution in [2.24, 2.45) is 11.8 Å². The lowest BCUT2D eigenvalue weighted by Gasteiger charge is -2.38. The third-order valence-corrected chi connectivity index (χ3v) is 6.28. The number of benzene rings is 2. The normalized spacial score (nSPS) is 27.6. The molecule has 1 amide bonds. The van der Waals surface area contributed by atoms with Gasteiger partial charge in [0.2, 0.25) is 0 Å². The Bertz CT molecular complexity index is 805. The number of hydrogen-bond donors (Lipinski definition) is 1. The van der Waals surface area contributed by atoms with Crippen molar-refractivity contribution in [3.63, 3.8) is 0 Å². The third kappa shape index (κ3) is 3.64. The van der Waals surface area contributed by atoms with Gasteiger partial charge in [-0.25, -0.2) is 0 Å². The Morgan fingerprint density at radius 1 is 0.963 bits per heavy atom. The molecule has 4 rings (SSSR count). The van der Waals surface area contributed by atoms with Gasteiger partial charge in [-0.15, -0.1) is 0 Å². The van der Waals surface area contributed by atoms with Gasteiger partial charge >= 0.3 is 0 Å². The summed E-state index contributed by atoms with van der Waals surface area (Å²) >= 11 is 0. The van der Waals surface area contributed by atoms with Crippen LogP contribution in [0.5, 0.6) is 0 Å². The maximum absolute atomic E-state index is 13.1. The van der Waals surface area contributed by atoms with Gasteiger partial charge in [-0.05, 0) is 62.0 Å². The molecule has 1 heterocycles. The van der Waals surface area contributed by atoms with Crippen LogP contribution < -0.4 is 0 Å². The van der Waals surface area contributed by atoms with Crippen molar-refractivity contribution in [1.82, 2.24) is 9.80 Å². The molecule has 4 nitrogen and oxygen atoms in total. The molecule has 4 atom stereocenters. The lowest BCUT2D eigenvalue weighted by molar-refractivity contribution is 0.00940. The Labute approximate surface area is 161 Å². The lowest BCUT2D eigenvalue weighted by atomic mass is 9.77. The number of fused-ring (bicyclic) bond motifs is 1. The summed E-state index contributed by atoms with van der Waals surface area (Å²) < 4.78 is 0. The third-order valence-electron chi connectivity index (χ3n) is 6.28. The highest BCUT2D eigenvalue weighted by atomic mass is 16.3. The Kier molecular flexibility index (Phi) is 5.02. The van der Waals surface area contributed by atoms with Crippen LogP contribution in [0.2, 0.25) is 0 Å². The van der Waals surface area contributed by atoms with E-state index in [9.17, 15) is 9.90 Å². The number of aliphatic hydroxyl groups is 1. The summed E-state index contributed by atoms with van der Waals surface area (Å²) in [6, 6.07) is 18.3. The van der Waals surface area contributed by atoms with Gasteiger partial charge in [0, 0.05) is 24.7 Å². The maximum atomic E-state index is 13.1. The molecule has 1 aliphatic heterocycles.